The number of rotatable bonds is 6. The number of aromatic nitrogens is 3. The van der Waals surface area contributed by atoms with E-state index in [0.29, 0.717) is 32.7 Å². The number of nitrogens with zero attached hydrogens (tertiary/aromatic N) is 2. The van der Waals surface area contributed by atoms with Crippen LogP contribution in [0.25, 0.3) is 21.3 Å². The number of carbonyl (C=O) groups excluding carboxylic acids is 2. The van der Waals surface area contributed by atoms with Gasteiger partial charge in [-0.2, -0.15) is 0 Å². The number of fused-ring (bicyclic) bond motifs is 1. The van der Waals surface area contributed by atoms with E-state index in [9.17, 15) is 14.4 Å². The van der Waals surface area contributed by atoms with Gasteiger partial charge in [-0.1, -0.05) is 30.3 Å². The normalized spacial score (nSPS) is 11.1. The number of nitrogens with one attached hydrogen (secondary N) is 1. The predicted molar refractivity (Wildman–Crippen MR) is 125 cm³/mol. The first-order valence-electron chi connectivity index (χ1n) is 10.3. The Morgan fingerprint density at radius 2 is 1.88 bits per heavy atom. The molecule has 32 heavy (non-hydrogen) atoms. The third kappa shape index (κ3) is 3.67. The minimum atomic E-state index is -0.473. The van der Waals surface area contributed by atoms with Crippen LogP contribution in [0, 0.1) is 20.8 Å². The maximum atomic E-state index is 13.3. The number of ketones is 1. The molecule has 8 heteroatoms. The Kier molecular flexibility index (Phi) is 5.80. The van der Waals surface area contributed by atoms with Crippen LogP contribution in [-0.4, -0.2) is 32.9 Å². The van der Waals surface area contributed by atoms with Gasteiger partial charge in [-0.3, -0.25) is 14.2 Å². The number of benzene rings is 1. The molecule has 0 saturated heterocycles. The Labute approximate surface area is 188 Å². The van der Waals surface area contributed by atoms with E-state index in [2.05, 4.69) is 9.97 Å². The van der Waals surface area contributed by atoms with E-state index in [4.69, 9.17) is 4.74 Å². The monoisotopic (exact) mass is 449 g/mol. The lowest BCUT2D eigenvalue weighted by Crippen LogP contribution is -2.25. The average molecular weight is 450 g/mol. The predicted octanol–water partition coefficient (Wildman–Crippen LogP) is 4.44. The molecule has 3 heterocycles. The van der Waals surface area contributed by atoms with Gasteiger partial charge in [0.2, 0.25) is 0 Å². The van der Waals surface area contributed by atoms with Crippen molar-refractivity contribution in [3.8, 4) is 11.1 Å². The Bertz CT molecular complexity index is 1400. The standard InChI is InChI=1S/C24H23N3O4S/c1-5-31-24(30)18-13(2)21(26-14(18)3)17(28)11-27-12-25-22-20(23(27)29)19(15(4)32-22)16-9-7-6-8-10-16/h6-10,12,26H,5,11H2,1-4H3. The zero-order chi connectivity index (χ0) is 23.0. The van der Waals surface area contributed by atoms with Gasteiger partial charge in [0.15, 0.2) is 5.78 Å². The second kappa shape index (κ2) is 8.55. The molecule has 4 rings (SSSR count). The van der Waals surface area contributed by atoms with Gasteiger partial charge in [-0.25, -0.2) is 9.78 Å². The van der Waals surface area contributed by atoms with Crippen LogP contribution in [0.15, 0.2) is 41.5 Å². The van der Waals surface area contributed by atoms with E-state index in [1.807, 2.05) is 37.3 Å². The quantitative estimate of drug-likeness (QED) is 0.347. The zero-order valence-electron chi connectivity index (χ0n) is 18.3. The van der Waals surface area contributed by atoms with Crippen LogP contribution >= 0.6 is 11.3 Å². The largest absolute Gasteiger partial charge is 0.462 e. The molecule has 0 atom stereocenters. The van der Waals surface area contributed by atoms with Gasteiger partial charge < -0.3 is 9.72 Å². The molecule has 0 radical (unpaired) electrons. The first-order valence-corrected chi connectivity index (χ1v) is 11.1. The molecule has 0 spiro atoms. The summed E-state index contributed by atoms with van der Waals surface area (Å²) in [6.45, 7) is 7.17. The number of hydrogen-bond donors (Lipinski definition) is 1. The number of thiophene rings is 1. The van der Waals surface area contributed by atoms with Crippen molar-refractivity contribution < 1.29 is 14.3 Å². The molecule has 1 N–H and O–H groups in total. The van der Waals surface area contributed by atoms with Crippen LogP contribution in [0.3, 0.4) is 0 Å². The van der Waals surface area contributed by atoms with E-state index in [-0.39, 0.29) is 24.5 Å². The van der Waals surface area contributed by atoms with Crippen LogP contribution < -0.4 is 5.56 Å². The van der Waals surface area contributed by atoms with Crippen molar-refractivity contribution in [2.45, 2.75) is 34.2 Å². The fourth-order valence-corrected chi connectivity index (χ4v) is 4.98. The molecule has 0 saturated carbocycles. The molecule has 3 aromatic heterocycles. The van der Waals surface area contributed by atoms with Crippen molar-refractivity contribution in [2.75, 3.05) is 6.61 Å². The van der Waals surface area contributed by atoms with Crippen LogP contribution in [-0.2, 0) is 11.3 Å². The highest BCUT2D eigenvalue weighted by molar-refractivity contribution is 7.19. The molecule has 0 unspecified atom stereocenters. The summed E-state index contributed by atoms with van der Waals surface area (Å²) in [4.78, 5) is 47.7. The number of H-pyrrole nitrogens is 1. The lowest BCUT2D eigenvalue weighted by atomic mass is 10.0. The smallest absolute Gasteiger partial charge is 0.340 e. The summed E-state index contributed by atoms with van der Waals surface area (Å²) in [6.07, 6.45) is 1.41. The molecule has 0 aliphatic rings. The van der Waals surface area contributed by atoms with Gasteiger partial charge in [0.1, 0.15) is 4.83 Å². The maximum absolute atomic E-state index is 13.3. The third-order valence-corrected chi connectivity index (χ3v) is 6.44. The summed E-state index contributed by atoms with van der Waals surface area (Å²) in [5, 5.41) is 0.514. The third-order valence-electron chi connectivity index (χ3n) is 5.43. The minimum Gasteiger partial charge on any atom is -0.462 e. The fourth-order valence-electron chi connectivity index (χ4n) is 3.97. The van der Waals surface area contributed by atoms with Crippen molar-refractivity contribution in [1.29, 1.82) is 0 Å². The Morgan fingerprint density at radius 1 is 1.16 bits per heavy atom. The van der Waals surface area contributed by atoms with Gasteiger partial charge in [0.05, 0.1) is 36.1 Å². The summed E-state index contributed by atoms with van der Waals surface area (Å²) < 4.78 is 6.41. The number of esters is 1. The summed E-state index contributed by atoms with van der Waals surface area (Å²) in [5.74, 6) is -0.781. The number of ether oxygens (including phenoxy) is 1. The van der Waals surface area contributed by atoms with Crippen LogP contribution in [0.5, 0.6) is 0 Å². The maximum Gasteiger partial charge on any atom is 0.340 e. The van der Waals surface area contributed by atoms with Gasteiger partial charge in [0.25, 0.3) is 5.56 Å². The van der Waals surface area contributed by atoms with Crippen molar-refractivity contribution in [1.82, 2.24) is 14.5 Å². The average Bonchev–Trinajstić information content (AvgIpc) is 3.26. The summed E-state index contributed by atoms with van der Waals surface area (Å²) in [7, 11) is 0. The molecular weight excluding hydrogens is 426 g/mol. The van der Waals surface area contributed by atoms with Gasteiger partial charge >= 0.3 is 5.97 Å². The second-order valence-electron chi connectivity index (χ2n) is 7.53. The van der Waals surface area contributed by atoms with Gasteiger partial charge in [0, 0.05) is 16.1 Å². The first-order chi connectivity index (χ1) is 15.3. The number of carbonyl (C=O) groups is 2. The highest BCUT2D eigenvalue weighted by Crippen LogP contribution is 2.35. The van der Waals surface area contributed by atoms with E-state index >= 15 is 0 Å². The molecule has 0 amide bonds. The van der Waals surface area contributed by atoms with Crippen molar-refractivity contribution in [3.63, 3.8) is 0 Å². The molecule has 0 aliphatic heterocycles. The second-order valence-corrected chi connectivity index (χ2v) is 8.73. The molecule has 7 nitrogen and oxygen atoms in total. The molecule has 164 valence electrons. The first kappa shape index (κ1) is 21.7. The highest BCUT2D eigenvalue weighted by atomic mass is 32.1. The summed E-state index contributed by atoms with van der Waals surface area (Å²) >= 11 is 1.46. The Balaban J connectivity index is 1.74. The summed E-state index contributed by atoms with van der Waals surface area (Å²) in [5.41, 5.74) is 3.25. The lowest BCUT2D eigenvalue weighted by molar-refractivity contribution is 0.0525. The topological polar surface area (TPSA) is 94.1 Å². The molecule has 0 aliphatic carbocycles. The lowest BCUT2D eigenvalue weighted by Gasteiger charge is -2.07. The van der Waals surface area contributed by atoms with Crippen molar-refractivity contribution in [2.24, 2.45) is 0 Å². The SMILES string of the molecule is CCOC(=O)c1c(C)[nH]c(C(=O)Cn2cnc3sc(C)c(-c4ccccc4)c3c2=O)c1C. The number of aromatic amines is 1. The van der Waals surface area contributed by atoms with Crippen LogP contribution in [0.2, 0.25) is 0 Å². The zero-order valence-corrected chi connectivity index (χ0v) is 19.1. The molecule has 1 aromatic carbocycles. The van der Waals surface area contributed by atoms with Crippen molar-refractivity contribution >= 4 is 33.3 Å². The van der Waals surface area contributed by atoms with Gasteiger partial charge in [-0.05, 0) is 38.8 Å². The number of aryl methyl sites for hydroxylation is 2. The Morgan fingerprint density at radius 3 is 2.56 bits per heavy atom. The molecule has 4 aromatic rings. The van der Waals surface area contributed by atoms with E-state index < -0.39 is 5.97 Å². The Hall–Kier alpha value is -3.52. The van der Waals surface area contributed by atoms with E-state index in [1.165, 1.54) is 22.2 Å². The molecule has 0 fully saturated rings. The molecule has 0 bridgehead atoms. The molecular formula is C24H23N3O4S. The fraction of sp³-hybridized carbons (Fsp3) is 0.250. The summed E-state index contributed by atoms with van der Waals surface area (Å²) in [6, 6.07) is 9.69. The van der Waals surface area contributed by atoms with Crippen molar-refractivity contribution in [3.05, 3.63) is 74.4 Å². The minimum absolute atomic E-state index is 0.187. The van der Waals surface area contributed by atoms with E-state index in [1.54, 1.807) is 20.8 Å². The van der Waals surface area contributed by atoms with E-state index in [0.717, 1.165) is 16.0 Å². The highest BCUT2D eigenvalue weighted by Gasteiger charge is 2.24. The van der Waals surface area contributed by atoms with Crippen LogP contribution in [0.1, 0.15) is 43.9 Å². The number of Topliss-reactive ketones (excluding diaryl/α,β-unsaturated/α-hetero) is 1. The van der Waals surface area contributed by atoms with Crippen LogP contribution in [0.4, 0.5) is 0 Å². The number of hydrogen-bond acceptors (Lipinski definition) is 6. The van der Waals surface area contributed by atoms with Gasteiger partial charge in [-0.15, -0.1) is 11.3 Å².